The molecule has 17 heavy (non-hydrogen) atoms. The van der Waals surface area contributed by atoms with Gasteiger partial charge in [0.25, 0.3) is 0 Å². The Kier molecular flexibility index (Phi) is 4.77. The first-order valence-corrected chi connectivity index (χ1v) is 7.71. The second kappa shape index (κ2) is 6.12. The molecule has 0 saturated carbocycles. The first kappa shape index (κ1) is 13.2. The lowest BCUT2D eigenvalue weighted by molar-refractivity contribution is 0.185. The summed E-state index contributed by atoms with van der Waals surface area (Å²) in [6, 6.07) is 6.84. The molecule has 0 spiro atoms. The average molecular weight is 316 g/mol. The van der Waals surface area contributed by atoms with Gasteiger partial charge >= 0.3 is 0 Å². The molecule has 0 bridgehead atoms. The van der Waals surface area contributed by atoms with Crippen molar-refractivity contribution < 1.29 is 4.74 Å². The van der Waals surface area contributed by atoms with Crippen molar-refractivity contribution in [2.45, 2.75) is 31.2 Å². The lowest BCUT2D eigenvalue weighted by Gasteiger charge is -2.20. The number of methoxy groups -OCH3 is 1. The molecule has 4 heteroatoms. The number of nitrogens with one attached hydrogen (secondary N) is 1. The number of hydrogen-bond donors (Lipinski definition) is 1. The molecule has 1 aromatic rings. The van der Waals surface area contributed by atoms with Crippen molar-refractivity contribution >= 4 is 33.4 Å². The number of halogens is 1. The Hall–Kier alpha value is -0.190. The van der Waals surface area contributed by atoms with E-state index >= 15 is 0 Å². The summed E-state index contributed by atoms with van der Waals surface area (Å²) in [7, 11) is 1.73. The van der Waals surface area contributed by atoms with E-state index in [2.05, 4.69) is 46.4 Å². The molecule has 1 aliphatic heterocycles. The smallest absolute Gasteiger partial charge is 0.0744 e. The van der Waals surface area contributed by atoms with Crippen LogP contribution in [0.15, 0.2) is 22.7 Å². The fraction of sp³-hybridized carbons (Fsp3) is 0.538. The molecule has 1 N–H and O–H groups in total. The largest absolute Gasteiger partial charge is 0.381 e. The van der Waals surface area contributed by atoms with Crippen molar-refractivity contribution in [2.75, 3.05) is 18.2 Å². The monoisotopic (exact) mass is 315 g/mol. The van der Waals surface area contributed by atoms with Crippen molar-refractivity contribution in [3.63, 3.8) is 0 Å². The summed E-state index contributed by atoms with van der Waals surface area (Å²) >= 11 is 5.63. The lowest BCUT2D eigenvalue weighted by atomic mass is 10.1. The van der Waals surface area contributed by atoms with Gasteiger partial charge in [-0.2, -0.15) is 11.8 Å². The average Bonchev–Trinajstić information content (AvgIpc) is 2.70. The van der Waals surface area contributed by atoms with Crippen LogP contribution in [0.2, 0.25) is 0 Å². The van der Waals surface area contributed by atoms with Crippen LogP contribution in [0.1, 0.15) is 18.9 Å². The molecule has 1 heterocycles. The van der Waals surface area contributed by atoms with Crippen molar-refractivity contribution in [3.8, 4) is 0 Å². The molecule has 1 aliphatic rings. The van der Waals surface area contributed by atoms with Gasteiger partial charge in [0.15, 0.2) is 0 Å². The van der Waals surface area contributed by atoms with E-state index in [1.54, 1.807) is 7.11 Å². The van der Waals surface area contributed by atoms with E-state index in [4.69, 9.17) is 4.74 Å². The lowest BCUT2D eigenvalue weighted by Crippen LogP contribution is -2.25. The summed E-state index contributed by atoms with van der Waals surface area (Å²) in [4.78, 5) is 0. The Morgan fingerprint density at radius 2 is 2.35 bits per heavy atom. The minimum Gasteiger partial charge on any atom is -0.381 e. The van der Waals surface area contributed by atoms with Gasteiger partial charge in [0.1, 0.15) is 0 Å². The summed E-state index contributed by atoms with van der Waals surface area (Å²) in [5, 5.41) is 4.34. The van der Waals surface area contributed by atoms with Crippen LogP contribution in [0.25, 0.3) is 0 Å². The first-order chi connectivity index (χ1) is 8.22. The maximum absolute atomic E-state index is 5.27. The zero-order valence-corrected chi connectivity index (χ0v) is 12.6. The summed E-state index contributed by atoms with van der Waals surface area (Å²) in [5.41, 5.74) is 2.40. The fourth-order valence-corrected chi connectivity index (χ4v) is 3.78. The highest BCUT2D eigenvalue weighted by atomic mass is 79.9. The molecule has 1 saturated heterocycles. The van der Waals surface area contributed by atoms with E-state index in [-0.39, 0.29) is 0 Å². The van der Waals surface area contributed by atoms with Crippen LogP contribution >= 0.6 is 27.7 Å². The number of rotatable bonds is 4. The molecule has 2 rings (SSSR count). The Bertz CT molecular complexity index is 386. The molecule has 2 unspecified atom stereocenters. The van der Waals surface area contributed by atoms with Crippen LogP contribution in [-0.4, -0.2) is 24.2 Å². The van der Waals surface area contributed by atoms with E-state index in [1.807, 2.05) is 11.8 Å². The molecule has 1 aromatic carbocycles. The minimum atomic E-state index is 0.574. The first-order valence-electron chi connectivity index (χ1n) is 5.87. The zero-order chi connectivity index (χ0) is 12.3. The third kappa shape index (κ3) is 3.18. The Morgan fingerprint density at radius 1 is 1.53 bits per heavy atom. The summed E-state index contributed by atoms with van der Waals surface area (Å²) in [6.45, 7) is 2.93. The molecular formula is C13H18BrNOS. The normalized spacial score (nSPS) is 23.9. The highest BCUT2D eigenvalue weighted by Gasteiger charge is 2.24. The third-order valence-electron chi connectivity index (χ3n) is 3.12. The predicted molar refractivity (Wildman–Crippen MR) is 78.8 cm³/mol. The van der Waals surface area contributed by atoms with Crippen molar-refractivity contribution in [2.24, 2.45) is 0 Å². The highest BCUT2D eigenvalue weighted by molar-refractivity contribution is 9.10. The molecule has 94 valence electrons. The predicted octanol–water partition coefficient (Wildman–Crippen LogP) is 3.90. The van der Waals surface area contributed by atoms with E-state index in [0.717, 1.165) is 4.47 Å². The van der Waals surface area contributed by atoms with Crippen LogP contribution < -0.4 is 5.32 Å². The van der Waals surface area contributed by atoms with Gasteiger partial charge in [-0.1, -0.05) is 28.9 Å². The second-order valence-electron chi connectivity index (χ2n) is 4.31. The molecule has 2 atom stereocenters. The number of anilines is 1. The van der Waals surface area contributed by atoms with Gasteiger partial charge in [-0.15, -0.1) is 0 Å². The fourth-order valence-electron chi connectivity index (χ4n) is 2.11. The SMILES string of the molecule is COCc1c(Br)cccc1NC1CCSC1C. The highest BCUT2D eigenvalue weighted by Crippen LogP contribution is 2.32. The quantitative estimate of drug-likeness (QED) is 0.910. The Balaban J connectivity index is 2.16. The van der Waals surface area contributed by atoms with Gasteiger partial charge in [-0.05, 0) is 24.3 Å². The molecule has 0 aromatic heterocycles. The van der Waals surface area contributed by atoms with Crippen molar-refractivity contribution in [1.29, 1.82) is 0 Å². The van der Waals surface area contributed by atoms with Crippen molar-refractivity contribution in [3.05, 3.63) is 28.2 Å². The van der Waals surface area contributed by atoms with Gasteiger partial charge in [-0.3, -0.25) is 0 Å². The summed E-state index contributed by atoms with van der Waals surface area (Å²) in [5.74, 6) is 1.26. The molecule has 0 aliphatic carbocycles. The van der Waals surface area contributed by atoms with Crippen LogP contribution in [0.5, 0.6) is 0 Å². The van der Waals surface area contributed by atoms with Crippen LogP contribution in [-0.2, 0) is 11.3 Å². The maximum Gasteiger partial charge on any atom is 0.0744 e. The van der Waals surface area contributed by atoms with Crippen molar-refractivity contribution in [1.82, 2.24) is 0 Å². The van der Waals surface area contributed by atoms with E-state index in [0.29, 0.717) is 17.9 Å². The molecule has 0 radical (unpaired) electrons. The topological polar surface area (TPSA) is 21.3 Å². The van der Waals surface area contributed by atoms with Gasteiger partial charge in [0.2, 0.25) is 0 Å². The van der Waals surface area contributed by atoms with Gasteiger partial charge < -0.3 is 10.1 Å². The van der Waals surface area contributed by atoms with E-state index < -0.39 is 0 Å². The number of hydrogen-bond acceptors (Lipinski definition) is 3. The number of benzene rings is 1. The number of ether oxygens (including phenoxy) is 1. The maximum atomic E-state index is 5.27. The van der Waals surface area contributed by atoms with Crippen LogP contribution in [0.3, 0.4) is 0 Å². The van der Waals surface area contributed by atoms with Gasteiger partial charge in [0.05, 0.1) is 6.61 Å². The minimum absolute atomic E-state index is 0.574. The third-order valence-corrected chi connectivity index (χ3v) is 5.19. The van der Waals surface area contributed by atoms with Crippen LogP contribution in [0.4, 0.5) is 5.69 Å². The van der Waals surface area contributed by atoms with Gasteiger partial charge in [0, 0.05) is 34.1 Å². The molecule has 1 fully saturated rings. The zero-order valence-electron chi connectivity index (χ0n) is 10.2. The van der Waals surface area contributed by atoms with Crippen LogP contribution in [0, 0.1) is 0 Å². The van der Waals surface area contributed by atoms with Gasteiger partial charge in [-0.25, -0.2) is 0 Å². The second-order valence-corrected chi connectivity index (χ2v) is 6.65. The Morgan fingerprint density at radius 3 is 3.00 bits per heavy atom. The summed E-state index contributed by atoms with van der Waals surface area (Å²) < 4.78 is 6.38. The molecular weight excluding hydrogens is 298 g/mol. The Labute approximate surface area is 116 Å². The number of thioether (sulfide) groups is 1. The summed E-state index contributed by atoms with van der Waals surface area (Å²) in [6.07, 6.45) is 1.24. The standard InChI is InChI=1S/C13H18BrNOS/c1-9-12(6-7-17-9)15-13-5-3-4-11(14)10(13)8-16-2/h3-5,9,12,15H,6-8H2,1-2H3. The molecule has 0 amide bonds. The van der Waals surface area contributed by atoms with E-state index in [9.17, 15) is 0 Å². The van der Waals surface area contributed by atoms with E-state index in [1.165, 1.54) is 23.4 Å². The molecule has 2 nitrogen and oxygen atoms in total.